The first-order chi connectivity index (χ1) is 9.56. The van der Waals surface area contributed by atoms with Crippen LogP contribution in [0, 0.1) is 6.92 Å². The summed E-state index contributed by atoms with van der Waals surface area (Å²) >= 11 is 0. The van der Waals surface area contributed by atoms with Crippen LogP contribution in [-0.2, 0) is 19.1 Å². The number of rotatable bonds is 8. The molecule has 1 aromatic carbocycles. The number of hydrogen-bond donors (Lipinski definition) is 1. The summed E-state index contributed by atoms with van der Waals surface area (Å²) in [5.74, 6) is -0.408. The molecule has 1 unspecified atom stereocenters. The Morgan fingerprint density at radius 3 is 2.60 bits per heavy atom. The van der Waals surface area contributed by atoms with E-state index in [1.807, 2.05) is 31.2 Å². The van der Waals surface area contributed by atoms with Crippen molar-refractivity contribution in [3.8, 4) is 0 Å². The van der Waals surface area contributed by atoms with Crippen LogP contribution in [0.1, 0.15) is 5.56 Å². The molecule has 0 fully saturated rings. The monoisotopic (exact) mass is 281 g/mol. The van der Waals surface area contributed by atoms with Gasteiger partial charge in [-0.05, 0) is 19.1 Å². The first kappa shape index (κ1) is 16.0. The van der Waals surface area contributed by atoms with E-state index in [4.69, 9.17) is 0 Å². The van der Waals surface area contributed by atoms with Gasteiger partial charge in [0.2, 0.25) is 0 Å². The van der Waals surface area contributed by atoms with Gasteiger partial charge >= 0.3 is 5.97 Å². The summed E-state index contributed by atoms with van der Waals surface area (Å²) in [6.07, 6.45) is -0.883. The van der Waals surface area contributed by atoms with Gasteiger partial charge in [-0.25, -0.2) is 0 Å². The molecular weight excluding hydrogens is 262 g/mol. The van der Waals surface area contributed by atoms with E-state index >= 15 is 0 Å². The Kier molecular flexibility index (Phi) is 6.52. The summed E-state index contributed by atoms with van der Waals surface area (Å²) in [6, 6.07) is 7.53. The normalized spacial score (nSPS) is 11.6. The molecule has 110 valence electrons. The van der Waals surface area contributed by atoms with Crippen LogP contribution < -0.4 is 4.90 Å². The highest BCUT2D eigenvalue weighted by atomic mass is 16.5. The number of methoxy groups -OCH3 is 1. The maximum absolute atomic E-state index is 11.4. The Labute approximate surface area is 117 Å². The molecule has 0 aliphatic heterocycles. The third kappa shape index (κ3) is 5.27. The molecule has 1 aromatic rings. The molecule has 0 saturated heterocycles. The number of carbonyl (C=O) groups excluding carboxylic acids is 2. The molecule has 0 bridgehead atoms. The fraction of sp³-hybridized carbons (Fsp3) is 0.429. The highest BCUT2D eigenvalue weighted by Crippen LogP contribution is 2.15. The maximum atomic E-state index is 11.4. The van der Waals surface area contributed by atoms with Crippen LogP contribution in [0.2, 0.25) is 0 Å². The van der Waals surface area contributed by atoms with Crippen LogP contribution in [0.4, 0.5) is 5.69 Å². The topological polar surface area (TPSA) is 76.1 Å². The molecule has 0 heterocycles. The Morgan fingerprint density at radius 2 is 2.05 bits per heavy atom. The van der Waals surface area contributed by atoms with Gasteiger partial charge in [0.05, 0.1) is 7.11 Å². The van der Waals surface area contributed by atoms with E-state index in [2.05, 4.69) is 9.47 Å². The number of ether oxygens (including phenoxy) is 2. The molecule has 0 aliphatic rings. The lowest BCUT2D eigenvalue weighted by Crippen LogP contribution is -2.38. The second-order valence-corrected chi connectivity index (χ2v) is 4.38. The number of esters is 1. The molecule has 1 N–H and O–H groups in total. The Balaban J connectivity index is 2.76. The number of anilines is 1. The predicted molar refractivity (Wildman–Crippen MR) is 73.4 cm³/mol. The molecule has 0 radical (unpaired) electrons. The lowest BCUT2D eigenvalue weighted by Gasteiger charge is -2.26. The summed E-state index contributed by atoms with van der Waals surface area (Å²) in [7, 11) is 1.31. The van der Waals surface area contributed by atoms with E-state index < -0.39 is 12.1 Å². The second-order valence-electron chi connectivity index (χ2n) is 4.38. The number of aliphatic hydroxyl groups is 1. The third-order valence-corrected chi connectivity index (χ3v) is 2.73. The van der Waals surface area contributed by atoms with Crippen molar-refractivity contribution in [1.82, 2.24) is 0 Å². The first-order valence-corrected chi connectivity index (χ1v) is 6.18. The maximum Gasteiger partial charge on any atom is 0.325 e. The Bertz CT molecular complexity index is 432. The van der Waals surface area contributed by atoms with Gasteiger partial charge in [0.25, 0.3) is 6.47 Å². The van der Waals surface area contributed by atoms with Crippen molar-refractivity contribution < 1.29 is 24.2 Å². The van der Waals surface area contributed by atoms with Crippen molar-refractivity contribution in [1.29, 1.82) is 0 Å². The SMILES string of the molecule is COC(=O)CN(CC(O)COC=O)c1ccc(C)cc1. The summed E-state index contributed by atoms with van der Waals surface area (Å²) in [6.45, 7) is 2.29. The highest BCUT2D eigenvalue weighted by molar-refractivity contribution is 5.75. The van der Waals surface area contributed by atoms with Gasteiger partial charge in [0, 0.05) is 12.2 Å². The van der Waals surface area contributed by atoms with E-state index in [1.54, 1.807) is 4.90 Å². The van der Waals surface area contributed by atoms with Crippen LogP contribution in [0.3, 0.4) is 0 Å². The van der Waals surface area contributed by atoms with Crippen LogP contribution in [0.15, 0.2) is 24.3 Å². The van der Waals surface area contributed by atoms with Crippen molar-refractivity contribution >= 4 is 18.1 Å². The van der Waals surface area contributed by atoms with Gasteiger partial charge < -0.3 is 19.5 Å². The molecule has 0 amide bonds. The zero-order valence-electron chi connectivity index (χ0n) is 11.6. The van der Waals surface area contributed by atoms with E-state index in [9.17, 15) is 14.7 Å². The lowest BCUT2D eigenvalue weighted by molar-refractivity contribution is -0.139. The van der Waals surface area contributed by atoms with Crippen LogP contribution >= 0.6 is 0 Å². The number of benzene rings is 1. The molecule has 0 saturated carbocycles. The predicted octanol–water partition coefficient (Wildman–Crippen LogP) is 0.508. The van der Waals surface area contributed by atoms with Gasteiger partial charge in [0.15, 0.2) is 0 Å². The van der Waals surface area contributed by atoms with Crippen LogP contribution in [0.5, 0.6) is 0 Å². The summed E-state index contributed by atoms with van der Waals surface area (Å²) in [5.41, 5.74) is 1.88. The van der Waals surface area contributed by atoms with E-state index in [0.717, 1.165) is 11.3 Å². The molecule has 0 aromatic heterocycles. The molecule has 0 spiro atoms. The minimum absolute atomic E-state index is 0.0116. The number of hydrogen-bond acceptors (Lipinski definition) is 6. The van der Waals surface area contributed by atoms with E-state index in [1.165, 1.54) is 7.11 Å². The van der Waals surface area contributed by atoms with Crippen molar-refractivity contribution in [2.45, 2.75) is 13.0 Å². The van der Waals surface area contributed by atoms with Gasteiger partial charge in [-0.15, -0.1) is 0 Å². The number of carbonyl (C=O) groups is 2. The van der Waals surface area contributed by atoms with Gasteiger partial charge in [-0.3, -0.25) is 9.59 Å². The average Bonchev–Trinajstić information content (AvgIpc) is 2.45. The standard InChI is InChI=1S/C14H19NO5/c1-11-3-5-12(6-4-11)15(8-14(18)19-2)7-13(17)9-20-10-16/h3-6,10,13,17H,7-9H2,1-2H3. The van der Waals surface area contributed by atoms with Gasteiger partial charge in [-0.2, -0.15) is 0 Å². The largest absolute Gasteiger partial charge is 0.468 e. The molecular formula is C14H19NO5. The van der Waals surface area contributed by atoms with E-state index in [0.29, 0.717) is 0 Å². The van der Waals surface area contributed by atoms with Gasteiger partial charge in [-0.1, -0.05) is 17.7 Å². The minimum atomic E-state index is -0.883. The van der Waals surface area contributed by atoms with Crippen molar-refractivity contribution in [3.63, 3.8) is 0 Å². The van der Waals surface area contributed by atoms with Crippen molar-refractivity contribution in [2.75, 3.05) is 31.7 Å². The fourth-order valence-corrected chi connectivity index (χ4v) is 1.69. The molecule has 20 heavy (non-hydrogen) atoms. The van der Waals surface area contributed by atoms with Gasteiger partial charge in [0.1, 0.15) is 19.3 Å². The average molecular weight is 281 g/mol. The summed E-state index contributed by atoms with van der Waals surface area (Å²) in [5, 5.41) is 9.77. The smallest absolute Gasteiger partial charge is 0.325 e. The van der Waals surface area contributed by atoms with Crippen LogP contribution in [0.25, 0.3) is 0 Å². The quantitative estimate of drug-likeness (QED) is 0.552. The first-order valence-electron chi connectivity index (χ1n) is 6.18. The Hall–Kier alpha value is -2.08. The van der Waals surface area contributed by atoms with Crippen molar-refractivity contribution in [3.05, 3.63) is 29.8 Å². The zero-order valence-corrected chi connectivity index (χ0v) is 11.6. The highest BCUT2D eigenvalue weighted by Gasteiger charge is 2.16. The number of nitrogens with zero attached hydrogens (tertiary/aromatic N) is 1. The van der Waals surface area contributed by atoms with Crippen LogP contribution in [-0.4, -0.2) is 50.5 Å². The second kappa shape index (κ2) is 8.16. The fourth-order valence-electron chi connectivity index (χ4n) is 1.69. The number of aliphatic hydroxyl groups excluding tert-OH is 1. The molecule has 6 heteroatoms. The molecule has 1 rings (SSSR count). The molecule has 6 nitrogen and oxygen atoms in total. The summed E-state index contributed by atoms with van der Waals surface area (Å²) < 4.78 is 9.15. The Morgan fingerprint density at radius 1 is 1.40 bits per heavy atom. The number of aryl methyl sites for hydroxylation is 1. The van der Waals surface area contributed by atoms with E-state index in [-0.39, 0.29) is 26.2 Å². The summed E-state index contributed by atoms with van der Waals surface area (Å²) in [4.78, 5) is 23.2. The third-order valence-electron chi connectivity index (χ3n) is 2.73. The molecule has 0 aliphatic carbocycles. The molecule has 1 atom stereocenters. The van der Waals surface area contributed by atoms with Crippen molar-refractivity contribution in [2.24, 2.45) is 0 Å². The minimum Gasteiger partial charge on any atom is -0.468 e. The lowest BCUT2D eigenvalue weighted by atomic mass is 10.2. The zero-order chi connectivity index (χ0) is 15.0.